The quantitative estimate of drug-likeness (QED) is 0.303. The number of benzene rings is 1. The van der Waals surface area contributed by atoms with E-state index in [9.17, 15) is 13.5 Å². The molecule has 0 aliphatic carbocycles. The Hall–Kier alpha value is -4.74. The Morgan fingerprint density at radius 1 is 1.03 bits per heavy atom. The van der Waals surface area contributed by atoms with Crippen LogP contribution in [0, 0.1) is 11.3 Å². The minimum Gasteiger partial charge on any atom is -0.494 e. The third kappa shape index (κ3) is 5.48. The number of nitriles is 1. The van der Waals surface area contributed by atoms with E-state index >= 15 is 0 Å². The first-order valence-corrected chi connectivity index (χ1v) is 12.7. The molecule has 0 radical (unpaired) electrons. The summed E-state index contributed by atoms with van der Waals surface area (Å²) in [7, 11) is 0.172. The number of aliphatic hydroxyl groups excluding tert-OH is 1. The molecule has 38 heavy (non-hydrogen) atoms. The molecule has 0 spiro atoms. The van der Waals surface area contributed by atoms with E-state index in [4.69, 9.17) is 19.5 Å². The third-order valence-corrected chi connectivity index (χ3v) is 6.58. The highest BCUT2D eigenvalue weighted by Crippen LogP contribution is 2.37. The summed E-state index contributed by atoms with van der Waals surface area (Å²) in [5.41, 5.74) is 1.01. The highest BCUT2D eigenvalue weighted by molar-refractivity contribution is 7.92. The van der Waals surface area contributed by atoms with Gasteiger partial charge in [0.15, 0.2) is 5.82 Å². The van der Waals surface area contributed by atoms with Gasteiger partial charge in [0.25, 0.3) is 0 Å². The van der Waals surface area contributed by atoms with E-state index in [2.05, 4.69) is 24.9 Å². The predicted molar refractivity (Wildman–Crippen MR) is 136 cm³/mol. The van der Waals surface area contributed by atoms with Gasteiger partial charge in [0, 0.05) is 12.3 Å². The number of aromatic nitrogens is 5. The smallest absolute Gasteiger partial charge is 0.243 e. The maximum atomic E-state index is 13.1. The summed E-state index contributed by atoms with van der Waals surface area (Å²) in [4.78, 5) is 8.36. The van der Waals surface area contributed by atoms with Crippen molar-refractivity contribution < 1.29 is 27.7 Å². The molecule has 0 bridgehead atoms. The zero-order valence-corrected chi connectivity index (χ0v) is 21.4. The Morgan fingerprint density at radius 3 is 2.34 bits per heavy atom. The van der Waals surface area contributed by atoms with E-state index in [0.717, 1.165) is 0 Å². The molecule has 0 saturated heterocycles. The lowest BCUT2D eigenvalue weighted by Crippen LogP contribution is -2.24. The number of para-hydroxylation sites is 1. The number of nitrogens with zero attached hydrogens (tertiary/aromatic N) is 6. The molecule has 2 N–H and O–H groups in total. The molecular formula is C24H23N7O6S. The Balaban J connectivity index is 1.79. The first-order valence-electron chi connectivity index (χ1n) is 11.0. The normalized spacial score (nSPS) is 11.9. The predicted octanol–water partition coefficient (Wildman–Crippen LogP) is 2.10. The van der Waals surface area contributed by atoms with Crippen molar-refractivity contribution in [3.8, 4) is 40.7 Å². The second-order valence-electron chi connectivity index (χ2n) is 7.74. The van der Waals surface area contributed by atoms with Crippen molar-refractivity contribution in [2.45, 2.75) is 6.10 Å². The van der Waals surface area contributed by atoms with Crippen LogP contribution >= 0.6 is 0 Å². The van der Waals surface area contributed by atoms with Crippen LogP contribution in [0.25, 0.3) is 17.2 Å². The largest absolute Gasteiger partial charge is 0.494 e. The van der Waals surface area contributed by atoms with Crippen LogP contribution in [-0.2, 0) is 10.0 Å². The van der Waals surface area contributed by atoms with Gasteiger partial charge in [0.1, 0.15) is 40.8 Å². The standard InChI is InChI=1S/C24H23N7O6S/c1-35-19-7-5-8-20(36-2)22(19)31-23(17-6-4-9-21(27-17)37-3)28-29-24(31)30-38(33,34)14-18(32)16-11-10-15(12-25)13-26-16/h4-11,13,18,32H,14H2,1-3H3,(H,29,30)/t18-/m0/s1. The van der Waals surface area contributed by atoms with Gasteiger partial charge in [-0.25, -0.2) is 13.4 Å². The molecule has 3 aromatic heterocycles. The summed E-state index contributed by atoms with van der Waals surface area (Å²) in [6.07, 6.45) is -0.228. The third-order valence-electron chi connectivity index (χ3n) is 5.33. The molecule has 3 heterocycles. The molecule has 0 aliphatic rings. The summed E-state index contributed by atoms with van der Waals surface area (Å²) in [6.45, 7) is 0. The Labute approximate surface area is 218 Å². The van der Waals surface area contributed by atoms with Crippen molar-refractivity contribution in [1.82, 2.24) is 24.7 Å². The molecule has 0 aliphatic heterocycles. The molecule has 4 aromatic rings. The summed E-state index contributed by atoms with van der Waals surface area (Å²) >= 11 is 0. The van der Waals surface area contributed by atoms with Crippen LogP contribution < -0.4 is 18.9 Å². The average Bonchev–Trinajstić information content (AvgIpc) is 3.34. The van der Waals surface area contributed by atoms with Crippen LogP contribution in [0.2, 0.25) is 0 Å². The Bertz CT molecular complexity index is 1560. The number of nitrogens with one attached hydrogen (secondary N) is 1. The van der Waals surface area contributed by atoms with Crippen LogP contribution in [-0.4, -0.2) is 65.3 Å². The number of rotatable bonds is 10. The van der Waals surface area contributed by atoms with Crippen molar-refractivity contribution in [2.75, 3.05) is 31.8 Å². The zero-order valence-electron chi connectivity index (χ0n) is 20.6. The Kier molecular flexibility index (Phi) is 7.70. The first-order chi connectivity index (χ1) is 18.3. The maximum Gasteiger partial charge on any atom is 0.243 e. The lowest BCUT2D eigenvalue weighted by molar-refractivity contribution is 0.197. The highest BCUT2D eigenvalue weighted by Gasteiger charge is 2.27. The number of hydrogen-bond donors (Lipinski definition) is 2. The number of pyridine rings is 2. The van der Waals surface area contributed by atoms with Gasteiger partial charge in [-0.05, 0) is 30.3 Å². The van der Waals surface area contributed by atoms with Crippen LogP contribution in [0.5, 0.6) is 17.4 Å². The fraction of sp³-hybridized carbons (Fsp3) is 0.208. The number of hydrogen-bond acceptors (Lipinski definition) is 11. The fourth-order valence-corrected chi connectivity index (χ4v) is 4.66. The van der Waals surface area contributed by atoms with Crippen molar-refractivity contribution in [3.05, 3.63) is 66.0 Å². The van der Waals surface area contributed by atoms with E-state index in [-0.39, 0.29) is 23.0 Å². The number of anilines is 1. The van der Waals surface area contributed by atoms with Crippen molar-refractivity contribution in [1.29, 1.82) is 5.26 Å². The molecule has 0 fully saturated rings. The van der Waals surface area contributed by atoms with Gasteiger partial charge in [0.05, 0.1) is 32.6 Å². The summed E-state index contributed by atoms with van der Waals surface area (Å²) in [5, 5.41) is 27.7. The lowest BCUT2D eigenvalue weighted by atomic mass is 10.2. The van der Waals surface area contributed by atoms with Gasteiger partial charge in [-0.1, -0.05) is 12.1 Å². The SMILES string of the molecule is COc1cccc(-c2nnc(NS(=O)(=O)C[C@H](O)c3ccc(C#N)cn3)n2-c2c(OC)cccc2OC)n1. The van der Waals surface area contributed by atoms with Crippen LogP contribution in [0.3, 0.4) is 0 Å². The van der Waals surface area contributed by atoms with E-state index < -0.39 is 21.9 Å². The minimum absolute atomic E-state index is 0.0866. The zero-order chi connectivity index (χ0) is 27.3. The van der Waals surface area contributed by atoms with Gasteiger partial charge < -0.3 is 19.3 Å². The van der Waals surface area contributed by atoms with Gasteiger partial charge in [-0.3, -0.25) is 14.3 Å². The molecule has 14 heteroatoms. The second kappa shape index (κ2) is 11.1. The molecule has 1 aromatic carbocycles. The number of sulfonamides is 1. The number of aliphatic hydroxyl groups is 1. The molecular weight excluding hydrogens is 514 g/mol. The van der Waals surface area contributed by atoms with Crippen molar-refractivity contribution in [2.24, 2.45) is 0 Å². The molecule has 0 amide bonds. The van der Waals surface area contributed by atoms with E-state index in [1.54, 1.807) is 36.4 Å². The monoisotopic (exact) mass is 537 g/mol. The maximum absolute atomic E-state index is 13.1. The average molecular weight is 538 g/mol. The lowest BCUT2D eigenvalue weighted by Gasteiger charge is -2.18. The van der Waals surface area contributed by atoms with Gasteiger partial charge >= 0.3 is 0 Å². The molecule has 4 rings (SSSR count). The topological polar surface area (TPSA) is 174 Å². The van der Waals surface area contributed by atoms with E-state index in [0.29, 0.717) is 28.8 Å². The number of ether oxygens (including phenoxy) is 3. The molecule has 13 nitrogen and oxygen atoms in total. The summed E-state index contributed by atoms with van der Waals surface area (Å²) < 4.78 is 46.3. The first kappa shape index (κ1) is 26.3. The molecule has 196 valence electrons. The van der Waals surface area contributed by atoms with Crippen molar-refractivity contribution >= 4 is 16.0 Å². The van der Waals surface area contributed by atoms with Crippen LogP contribution in [0.15, 0.2) is 54.7 Å². The molecule has 1 atom stereocenters. The second-order valence-corrected chi connectivity index (χ2v) is 9.51. The Morgan fingerprint density at radius 2 is 1.74 bits per heavy atom. The molecule has 0 saturated carbocycles. The van der Waals surface area contributed by atoms with Gasteiger partial charge in [-0.15, -0.1) is 10.2 Å². The van der Waals surface area contributed by atoms with Crippen LogP contribution in [0.4, 0.5) is 5.95 Å². The van der Waals surface area contributed by atoms with Gasteiger partial charge in [-0.2, -0.15) is 5.26 Å². The highest BCUT2D eigenvalue weighted by atomic mass is 32.2. The van der Waals surface area contributed by atoms with E-state index in [1.807, 2.05) is 6.07 Å². The molecule has 0 unspecified atom stereocenters. The van der Waals surface area contributed by atoms with Gasteiger partial charge in [0.2, 0.25) is 21.9 Å². The van der Waals surface area contributed by atoms with Crippen molar-refractivity contribution in [3.63, 3.8) is 0 Å². The van der Waals surface area contributed by atoms with E-state index in [1.165, 1.54) is 44.2 Å². The minimum atomic E-state index is -4.20. The number of methoxy groups -OCH3 is 3. The van der Waals surface area contributed by atoms with Crippen LogP contribution in [0.1, 0.15) is 17.4 Å². The summed E-state index contributed by atoms with van der Waals surface area (Å²) in [5.74, 6) is 0.218. The summed E-state index contributed by atoms with van der Waals surface area (Å²) in [6, 6.07) is 14.8. The fourth-order valence-electron chi connectivity index (χ4n) is 3.58.